The summed E-state index contributed by atoms with van der Waals surface area (Å²) >= 11 is 0. The summed E-state index contributed by atoms with van der Waals surface area (Å²) in [5, 5.41) is 8.61. The molecule has 0 fully saturated rings. The molecule has 0 amide bonds. The van der Waals surface area contributed by atoms with Crippen LogP contribution in [0.1, 0.15) is 26.7 Å². The van der Waals surface area contributed by atoms with Crippen molar-refractivity contribution < 1.29 is 9.90 Å². The molecule has 0 saturated heterocycles. The van der Waals surface area contributed by atoms with Gasteiger partial charge in [0.2, 0.25) is 0 Å². The van der Waals surface area contributed by atoms with Gasteiger partial charge in [-0.2, -0.15) is 0 Å². The van der Waals surface area contributed by atoms with Crippen molar-refractivity contribution in [2.24, 2.45) is 0 Å². The lowest BCUT2D eigenvalue weighted by Crippen LogP contribution is -2.31. The standard InChI is InChI=1S/C10H19NO2/c1-4-6-11(8-10(12)13)7-5-9(2)3/h2,4-8H2,1,3H3,(H,12,13). The number of nitrogens with zero attached hydrogens (tertiary/aromatic N) is 1. The second-order valence-corrected chi connectivity index (χ2v) is 3.38. The van der Waals surface area contributed by atoms with E-state index in [9.17, 15) is 4.79 Å². The molecule has 0 aromatic rings. The number of hydrogen-bond donors (Lipinski definition) is 1. The van der Waals surface area contributed by atoms with E-state index in [-0.39, 0.29) is 6.54 Å². The van der Waals surface area contributed by atoms with Gasteiger partial charge in [-0.15, -0.1) is 6.58 Å². The van der Waals surface area contributed by atoms with Crippen molar-refractivity contribution in [2.75, 3.05) is 19.6 Å². The van der Waals surface area contributed by atoms with E-state index in [1.807, 2.05) is 11.8 Å². The van der Waals surface area contributed by atoms with Crippen molar-refractivity contribution >= 4 is 5.97 Å². The van der Waals surface area contributed by atoms with Gasteiger partial charge >= 0.3 is 5.97 Å². The van der Waals surface area contributed by atoms with Crippen LogP contribution in [0.25, 0.3) is 0 Å². The van der Waals surface area contributed by atoms with Crippen LogP contribution in [0.5, 0.6) is 0 Å². The molecule has 0 aromatic heterocycles. The first kappa shape index (κ1) is 12.2. The molecule has 13 heavy (non-hydrogen) atoms. The summed E-state index contributed by atoms with van der Waals surface area (Å²) in [6.07, 6.45) is 1.87. The highest BCUT2D eigenvalue weighted by molar-refractivity contribution is 5.69. The molecule has 0 radical (unpaired) electrons. The molecule has 1 N–H and O–H groups in total. The average Bonchev–Trinajstić information content (AvgIpc) is 1.99. The van der Waals surface area contributed by atoms with Crippen molar-refractivity contribution in [3.8, 4) is 0 Å². The van der Waals surface area contributed by atoms with Crippen LogP contribution < -0.4 is 0 Å². The van der Waals surface area contributed by atoms with Gasteiger partial charge < -0.3 is 5.11 Å². The van der Waals surface area contributed by atoms with Crippen molar-refractivity contribution in [3.63, 3.8) is 0 Å². The Kier molecular flexibility index (Phi) is 6.24. The minimum absolute atomic E-state index is 0.140. The molecule has 3 heteroatoms. The third-order valence-electron chi connectivity index (χ3n) is 1.75. The highest BCUT2D eigenvalue weighted by Crippen LogP contribution is 2.00. The monoisotopic (exact) mass is 185 g/mol. The van der Waals surface area contributed by atoms with Gasteiger partial charge in [0, 0.05) is 6.54 Å². The fourth-order valence-corrected chi connectivity index (χ4v) is 1.13. The quantitative estimate of drug-likeness (QED) is 0.614. The lowest BCUT2D eigenvalue weighted by atomic mass is 10.2. The van der Waals surface area contributed by atoms with Gasteiger partial charge in [-0.1, -0.05) is 12.5 Å². The minimum Gasteiger partial charge on any atom is -0.480 e. The average molecular weight is 185 g/mol. The second-order valence-electron chi connectivity index (χ2n) is 3.38. The zero-order valence-electron chi connectivity index (χ0n) is 8.55. The van der Waals surface area contributed by atoms with Crippen LogP contribution in [0, 0.1) is 0 Å². The normalized spacial score (nSPS) is 10.4. The molecule has 0 saturated carbocycles. The van der Waals surface area contributed by atoms with E-state index in [4.69, 9.17) is 5.11 Å². The van der Waals surface area contributed by atoms with Crippen LogP contribution in [-0.2, 0) is 4.79 Å². The number of carboxylic acid groups (broad SMARTS) is 1. The van der Waals surface area contributed by atoms with Crippen molar-refractivity contribution in [1.29, 1.82) is 0 Å². The number of carboxylic acids is 1. The van der Waals surface area contributed by atoms with Crippen LogP contribution in [0.2, 0.25) is 0 Å². The third kappa shape index (κ3) is 7.53. The van der Waals surface area contributed by atoms with Crippen LogP contribution in [0.3, 0.4) is 0 Å². The van der Waals surface area contributed by atoms with E-state index >= 15 is 0 Å². The summed E-state index contributed by atoms with van der Waals surface area (Å²) in [4.78, 5) is 12.4. The van der Waals surface area contributed by atoms with E-state index < -0.39 is 5.97 Å². The molecule has 0 atom stereocenters. The Hall–Kier alpha value is -0.830. The van der Waals surface area contributed by atoms with Crippen LogP contribution >= 0.6 is 0 Å². The van der Waals surface area contributed by atoms with Gasteiger partial charge in [0.1, 0.15) is 0 Å². The first-order valence-corrected chi connectivity index (χ1v) is 4.64. The molecule has 0 heterocycles. The van der Waals surface area contributed by atoms with Gasteiger partial charge in [0.05, 0.1) is 6.54 Å². The molecule has 0 rings (SSSR count). The number of rotatable bonds is 7. The highest BCUT2D eigenvalue weighted by atomic mass is 16.4. The number of carbonyl (C=O) groups is 1. The predicted octanol–water partition coefficient (Wildman–Crippen LogP) is 1.75. The Morgan fingerprint density at radius 3 is 2.46 bits per heavy atom. The van der Waals surface area contributed by atoms with E-state index in [1.54, 1.807) is 0 Å². The molecule has 0 spiro atoms. The molecule has 0 aliphatic heterocycles. The topological polar surface area (TPSA) is 40.5 Å². The first-order valence-electron chi connectivity index (χ1n) is 4.64. The first-order chi connectivity index (χ1) is 6.06. The smallest absolute Gasteiger partial charge is 0.317 e. The third-order valence-corrected chi connectivity index (χ3v) is 1.75. The summed E-state index contributed by atoms with van der Waals surface area (Å²) in [6, 6.07) is 0. The van der Waals surface area contributed by atoms with Gasteiger partial charge in [0.25, 0.3) is 0 Å². The number of hydrogen-bond acceptors (Lipinski definition) is 2. The van der Waals surface area contributed by atoms with Gasteiger partial charge in [0.15, 0.2) is 0 Å². The van der Waals surface area contributed by atoms with E-state index in [0.29, 0.717) is 0 Å². The Morgan fingerprint density at radius 2 is 2.08 bits per heavy atom. The fraction of sp³-hybridized carbons (Fsp3) is 0.700. The summed E-state index contributed by atoms with van der Waals surface area (Å²) in [6.45, 7) is 9.59. The van der Waals surface area contributed by atoms with E-state index in [0.717, 1.165) is 31.5 Å². The molecular formula is C10H19NO2. The molecule has 0 aliphatic rings. The Bertz CT molecular complexity index is 178. The summed E-state index contributed by atoms with van der Waals surface area (Å²) in [7, 11) is 0. The minimum atomic E-state index is -0.754. The van der Waals surface area contributed by atoms with Gasteiger partial charge in [-0.05, 0) is 26.3 Å². The van der Waals surface area contributed by atoms with Crippen molar-refractivity contribution in [2.45, 2.75) is 26.7 Å². The lowest BCUT2D eigenvalue weighted by molar-refractivity contribution is -0.138. The van der Waals surface area contributed by atoms with Gasteiger partial charge in [-0.3, -0.25) is 9.69 Å². The molecule has 0 aliphatic carbocycles. The maximum Gasteiger partial charge on any atom is 0.317 e. The highest BCUT2D eigenvalue weighted by Gasteiger charge is 2.07. The summed E-state index contributed by atoms with van der Waals surface area (Å²) in [5.74, 6) is -0.754. The van der Waals surface area contributed by atoms with E-state index in [2.05, 4.69) is 13.5 Å². The Balaban J connectivity index is 3.79. The van der Waals surface area contributed by atoms with Crippen LogP contribution in [-0.4, -0.2) is 35.6 Å². The maximum absolute atomic E-state index is 10.5. The van der Waals surface area contributed by atoms with Crippen LogP contribution in [0.15, 0.2) is 12.2 Å². The largest absolute Gasteiger partial charge is 0.480 e. The lowest BCUT2D eigenvalue weighted by Gasteiger charge is -2.18. The molecule has 0 aromatic carbocycles. The van der Waals surface area contributed by atoms with Crippen LogP contribution in [0.4, 0.5) is 0 Å². The second kappa shape index (κ2) is 6.66. The fourth-order valence-electron chi connectivity index (χ4n) is 1.13. The summed E-state index contributed by atoms with van der Waals surface area (Å²) < 4.78 is 0. The molecular weight excluding hydrogens is 166 g/mol. The zero-order chi connectivity index (χ0) is 10.3. The zero-order valence-corrected chi connectivity index (χ0v) is 8.55. The Labute approximate surface area is 80.0 Å². The SMILES string of the molecule is C=C(C)CCN(CCC)CC(=O)O. The van der Waals surface area contributed by atoms with E-state index in [1.165, 1.54) is 0 Å². The maximum atomic E-state index is 10.5. The van der Waals surface area contributed by atoms with Crippen molar-refractivity contribution in [3.05, 3.63) is 12.2 Å². The van der Waals surface area contributed by atoms with Crippen molar-refractivity contribution in [1.82, 2.24) is 4.90 Å². The number of aliphatic carboxylic acids is 1. The molecule has 0 unspecified atom stereocenters. The Morgan fingerprint density at radius 1 is 1.46 bits per heavy atom. The molecule has 3 nitrogen and oxygen atoms in total. The predicted molar refractivity (Wildman–Crippen MR) is 53.8 cm³/mol. The summed E-state index contributed by atoms with van der Waals surface area (Å²) in [5.41, 5.74) is 1.10. The molecule has 0 bridgehead atoms. The molecule has 76 valence electrons. The van der Waals surface area contributed by atoms with Gasteiger partial charge in [-0.25, -0.2) is 0 Å².